The first-order valence-electron chi connectivity index (χ1n) is 2.11. The Hall–Kier alpha value is -0.0500. The summed E-state index contributed by atoms with van der Waals surface area (Å²) in [6.45, 7) is 0. The molecule has 0 saturated carbocycles. The smallest absolute Gasteiger partial charge is 0.266 e. The first kappa shape index (κ1) is 14.5. The number of nitrogens with two attached hydrogens (primary N) is 1. The van der Waals surface area contributed by atoms with Crippen molar-refractivity contribution in [3.8, 4) is 0 Å². The van der Waals surface area contributed by atoms with Crippen LogP contribution in [0.5, 0.6) is 0 Å². The van der Waals surface area contributed by atoms with Gasteiger partial charge in [-0.2, -0.15) is 30.7 Å². The third-order valence-corrected chi connectivity index (χ3v) is 0.775. The van der Waals surface area contributed by atoms with Gasteiger partial charge in [0.1, 0.15) is 0 Å². The van der Waals surface area contributed by atoms with E-state index in [0.29, 0.717) is 0 Å². The van der Waals surface area contributed by atoms with Gasteiger partial charge in [-0.15, -0.1) is 17.0 Å². The lowest BCUT2D eigenvalue weighted by atomic mass is 10.3. The van der Waals surface area contributed by atoms with E-state index in [2.05, 4.69) is 5.73 Å². The highest BCUT2D eigenvalue weighted by Crippen LogP contribution is 2.43. The zero-order valence-corrected chi connectivity index (χ0v) is 6.84. The van der Waals surface area contributed by atoms with Crippen molar-refractivity contribution >= 4 is 17.0 Å². The van der Waals surface area contributed by atoms with Gasteiger partial charge in [0.25, 0.3) is 0 Å². The topological polar surface area (TPSA) is 26.0 Å². The van der Waals surface area contributed by atoms with Crippen molar-refractivity contribution in [3.63, 3.8) is 0 Å². The molecule has 0 aromatic carbocycles. The van der Waals surface area contributed by atoms with Crippen LogP contribution in [-0.2, 0) is 0 Å². The monoisotopic (exact) mass is 265 g/mol. The number of alkyl halides is 7. The Bertz CT molecular complexity index is 130. The lowest BCUT2D eigenvalue weighted by molar-refractivity contribution is -0.353. The lowest BCUT2D eigenvalue weighted by Crippen LogP contribution is -2.57. The Morgan fingerprint density at radius 1 is 0.750 bits per heavy atom. The van der Waals surface area contributed by atoms with E-state index in [1.807, 2.05) is 0 Å². The second-order valence-electron chi connectivity index (χ2n) is 1.70. The number of halogens is 8. The van der Waals surface area contributed by atoms with Crippen LogP contribution in [0.4, 0.5) is 30.7 Å². The van der Waals surface area contributed by atoms with E-state index >= 15 is 0 Å². The zero-order valence-electron chi connectivity index (χ0n) is 5.13. The molecule has 0 bridgehead atoms. The average Bonchev–Trinajstić information content (AvgIpc) is 1.58. The molecule has 76 valence electrons. The molecule has 0 atom stereocenters. The average molecular weight is 266 g/mol. The summed E-state index contributed by atoms with van der Waals surface area (Å²) in [7, 11) is 0. The molecule has 0 radical (unpaired) electrons. The third kappa shape index (κ3) is 2.47. The maximum absolute atomic E-state index is 11.4. The third-order valence-electron chi connectivity index (χ3n) is 0.775. The molecular weight excluding hydrogens is 263 g/mol. The van der Waals surface area contributed by atoms with Crippen molar-refractivity contribution in [2.24, 2.45) is 5.73 Å². The van der Waals surface area contributed by atoms with Crippen molar-refractivity contribution in [3.05, 3.63) is 0 Å². The summed E-state index contributed by atoms with van der Waals surface area (Å²) < 4.78 is 78.5. The molecule has 0 aliphatic heterocycles. The molecule has 0 aromatic heterocycles. The van der Waals surface area contributed by atoms with Crippen molar-refractivity contribution < 1.29 is 30.7 Å². The highest BCUT2D eigenvalue weighted by atomic mass is 79.9. The van der Waals surface area contributed by atoms with Gasteiger partial charge in [0.15, 0.2) is 0 Å². The molecule has 2 N–H and O–H groups in total. The van der Waals surface area contributed by atoms with Gasteiger partial charge in [0, 0.05) is 0 Å². The van der Waals surface area contributed by atoms with Gasteiger partial charge in [-0.3, -0.25) is 5.73 Å². The van der Waals surface area contributed by atoms with Crippen LogP contribution in [0.1, 0.15) is 0 Å². The van der Waals surface area contributed by atoms with E-state index in [1.54, 1.807) is 0 Å². The molecular formula is C3H3BrF7N. The SMILES string of the molecule is Br.NC(F)(F)C(F)(F)C(F)(F)F. The minimum Gasteiger partial charge on any atom is -0.266 e. The normalized spacial score (nSPS) is 14.0. The van der Waals surface area contributed by atoms with Crippen LogP contribution in [0.25, 0.3) is 0 Å². The van der Waals surface area contributed by atoms with Gasteiger partial charge >= 0.3 is 18.1 Å². The standard InChI is InChI=1S/C3H2F7N.BrH/c4-1(5,2(6,7)8)3(9,10)11;/h11H2;1H. The van der Waals surface area contributed by atoms with E-state index in [0.717, 1.165) is 0 Å². The molecule has 0 aliphatic rings. The molecule has 1 nitrogen and oxygen atoms in total. The molecule has 9 heteroatoms. The van der Waals surface area contributed by atoms with Gasteiger partial charge in [-0.05, 0) is 0 Å². The van der Waals surface area contributed by atoms with E-state index in [1.165, 1.54) is 0 Å². The van der Waals surface area contributed by atoms with Gasteiger partial charge < -0.3 is 0 Å². The van der Waals surface area contributed by atoms with Gasteiger partial charge in [-0.25, -0.2) is 0 Å². The summed E-state index contributed by atoms with van der Waals surface area (Å²) in [5.41, 5.74) is 3.30. The fourth-order valence-corrected chi connectivity index (χ4v) is 0.189. The fourth-order valence-electron chi connectivity index (χ4n) is 0.189. The van der Waals surface area contributed by atoms with Crippen LogP contribution in [0.2, 0.25) is 0 Å². The van der Waals surface area contributed by atoms with Gasteiger partial charge in [-0.1, -0.05) is 0 Å². The number of rotatable bonds is 1. The Kier molecular flexibility index (Phi) is 4.06. The van der Waals surface area contributed by atoms with Crippen molar-refractivity contribution in [1.82, 2.24) is 0 Å². The number of hydrogen-bond donors (Lipinski definition) is 1. The Morgan fingerprint density at radius 3 is 1.00 bits per heavy atom. The first-order valence-corrected chi connectivity index (χ1v) is 2.11. The first-order chi connectivity index (χ1) is 4.50. The van der Waals surface area contributed by atoms with E-state index in [4.69, 9.17) is 0 Å². The van der Waals surface area contributed by atoms with Crippen LogP contribution in [0.15, 0.2) is 0 Å². The molecule has 0 aromatic rings. The molecule has 0 aliphatic carbocycles. The molecule has 0 amide bonds. The summed E-state index contributed by atoms with van der Waals surface area (Å²) in [6, 6.07) is -5.58. The summed E-state index contributed by atoms with van der Waals surface area (Å²) in [4.78, 5) is 0. The van der Waals surface area contributed by atoms with Crippen LogP contribution >= 0.6 is 17.0 Å². The van der Waals surface area contributed by atoms with E-state index < -0.39 is 18.1 Å². The summed E-state index contributed by atoms with van der Waals surface area (Å²) in [5.74, 6) is -6.18. The summed E-state index contributed by atoms with van der Waals surface area (Å²) in [6.07, 6.45) is -6.33. The molecule has 0 rings (SSSR count). The quantitative estimate of drug-likeness (QED) is 0.572. The summed E-state index contributed by atoms with van der Waals surface area (Å²) in [5, 5.41) is 0. The van der Waals surface area contributed by atoms with E-state index in [9.17, 15) is 30.7 Å². The molecule has 0 heterocycles. The second kappa shape index (κ2) is 3.36. The Labute approximate surface area is 72.5 Å². The second-order valence-corrected chi connectivity index (χ2v) is 1.70. The Balaban J connectivity index is 0. The molecule has 12 heavy (non-hydrogen) atoms. The molecule has 0 saturated heterocycles. The predicted octanol–water partition coefficient (Wildman–Crippen LogP) is 2.31. The minimum absolute atomic E-state index is 0. The van der Waals surface area contributed by atoms with Crippen LogP contribution in [0.3, 0.4) is 0 Å². The minimum atomic E-state index is -6.33. The highest BCUT2D eigenvalue weighted by molar-refractivity contribution is 8.93. The van der Waals surface area contributed by atoms with Crippen LogP contribution in [0, 0.1) is 0 Å². The Morgan fingerprint density at radius 2 is 1.00 bits per heavy atom. The highest BCUT2D eigenvalue weighted by Gasteiger charge is 2.71. The van der Waals surface area contributed by atoms with Gasteiger partial charge in [0.05, 0.1) is 0 Å². The molecule has 0 unspecified atom stereocenters. The predicted molar refractivity (Wildman–Crippen MR) is 30.5 cm³/mol. The maximum Gasteiger partial charge on any atom is 0.461 e. The fraction of sp³-hybridized carbons (Fsp3) is 1.00. The van der Waals surface area contributed by atoms with Crippen molar-refractivity contribution in [2.45, 2.75) is 18.1 Å². The molecule has 0 fully saturated rings. The maximum atomic E-state index is 11.4. The van der Waals surface area contributed by atoms with Crippen molar-refractivity contribution in [1.29, 1.82) is 0 Å². The van der Waals surface area contributed by atoms with Crippen molar-refractivity contribution in [2.75, 3.05) is 0 Å². The number of hydrogen-bond acceptors (Lipinski definition) is 1. The lowest BCUT2D eigenvalue weighted by Gasteiger charge is -2.24. The largest absolute Gasteiger partial charge is 0.461 e. The summed E-state index contributed by atoms with van der Waals surface area (Å²) >= 11 is 0. The van der Waals surface area contributed by atoms with Gasteiger partial charge in [0.2, 0.25) is 0 Å². The zero-order chi connectivity index (χ0) is 9.50. The molecule has 0 spiro atoms. The van der Waals surface area contributed by atoms with Crippen LogP contribution in [-0.4, -0.2) is 18.1 Å². The van der Waals surface area contributed by atoms with E-state index in [-0.39, 0.29) is 17.0 Å². The van der Waals surface area contributed by atoms with Crippen LogP contribution < -0.4 is 5.73 Å².